The van der Waals surface area contributed by atoms with E-state index in [1.54, 1.807) is 24.1 Å². The first kappa shape index (κ1) is 23.2. The molecule has 0 bridgehead atoms. The highest BCUT2D eigenvalue weighted by Crippen LogP contribution is 2.24. The van der Waals surface area contributed by atoms with E-state index in [0.29, 0.717) is 23.6 Å². The molecule has 7 heteroatoms. The van der Waals surface area contributed by atoms with Gasteiger partial charge in [0.05, 0.1) is 5.75 Å². The molecular weight excluding hydrogens is 411 g/mol. The number of carbonyl (C=O) groups is 2. The van der Waals surface area contributed by atoms with Gasteiger partial charge < -0.3 is 10.2 Å². The molecule has 0 unspecified atom stereocenters. The maximum Gasteiger partial charge on any atom is 0.242 e. The van der Waals surface area contributed by atoms with E-state index in [0.717, 1.165) is 11.1 Å². The van der Waals surface area contributed by atoms with E-state index in [4.69, 9.17) is 11.6 Å². The van der Waals surface area contributed by atoms with Crippen molar-refractivity contribution in [1.29, 1.82) is 0 Å². The molecule has 2 aromatic rings. The number of aryl methyl sites for hydroxylation is 1. The molecule has 1 atom stereocenters. The molecule has 2 amide bonds. The monoisotopic (exact) mass is 436 g/mol. The largest absolute Gasteiger partial charge is 0.357 e. The van der Waals surface area contributed by atoms with E-state index in [-0.39, 0.29) is 29.1 Å². The number of carbonyl (C=O) groups excluding carboxylic acids is 2. The van der Waals surface area contributed by atoms with Crippen LogP contribution in [0.3, 0.4) is 0 Å². The van der Waals surface area contributed by atoms with Crippen LogP contribution in [0, 0.1) is 12.7 Å². The van der Waals surface area contributed by atoms with Crippen molar-refractivity contribution in [1.82, 2.24) is 10.2 Å². The van der Waals surface area contributed by atoms with Gasteiger partial charge in [-0.25, -0.2) is 4.39 Å². The summed E-state index contributed by atoms with van der Waals surface area (Å²) in [5.41, 5.74) is 2.46. The van der Waals surface area contributed by atoms with Gasteiger partial charge in [-0.15, -0.1) is 11.8 Å². The van der Waals surface area contributed by atoms with Crippen LogP contribution < -0.4 is 5.32 Å². The molecule has 156 valence electrons. The Morgan fingerprint density at radius 1 is 1.21 bits per heavy atom. The highest BCUT2D eigenvalue weighted by atomic mass is 35.5. The summed E-state index contributed by atoms with van der Waals surface area (Å²) in [6.45, 7) is 4.21. The Morgan fingerprint density at radius 3 is 2.48 bits per heavy atom. The van der Waals surface area contributed by atoms with Crippen LogP contribution in [0.4, 0.5) is 4.39 Å². The third-order valence-corrected chi connectivity index (χ3v) is 5.94. The highest BCUT2D eigenvalue weighted by Gasteiger charge is 2.27. The first-order valence-corrected chi connectivity index (χ1v) is 11.0. The van der Waals surface area contributed by atoms with Gasteiger partial charge in [-0.05, 0) is 31.0 Å². The fourth-order valence-corrected chi connectivity index (χ4v) is 4.22. The summed E-state index contributed by atoms with van der Waals surface area (Å²) in [6.07, 6.45) is 0.501. The van der Waals surface area contributed by atoms with Crippen LogP contribution in [0.25, 0.3) is 0 Å². The molecule has 0 fully saturated rings. The Kier molecular flexibility index (Phi) is 8.99. The molecule has 29 heavy (non-hydrogen) atoms. The summed E-state index contributed by atoms with van der Waals surface area (Å²) < 4.78 is 13.9. The molecule has 0 saturated heterocycles. The van der Waals surface area contributed by atoms with E-state index < -0.39 is 6.04 Å². The fourth-order valence-electron chi connectivity index (χ4n) is 2.97. The van der Waals surface area contributed by atoms with E-state index in [1.165, 1.54) is 17.8 Å². The van der Waals surface area contributed by atoms with E-state index >= 15 is 0 Å². The predicted octanol–water partition coefficient (Wildman–Crippen LogP) is 4.57. The second-order valence-corrected chi connectivity index (χ2v) is 8.13. The quantitative estimate of drug-likeness (QED) is 0.626. The summed E-state index contributed by atoms with van der Waals surface area (Å²) in [5, 5.41) is 2.98. The summed E-state index contributed by atoms with van der Waals surface area (Å²) in [6, 6.07) is 11.8. The molecule has 0 radical (unpaired) electrons. The Balaban J connectivity index is 2.12. The van der Waals surface area contributed by atoms with Crippen molar-refractivity contribution in [3.63, 3.8) is 0 Å². The Bertz CT molecular complexity index is 825. The zero-order chi connectivity index (χ0) is 21.4. The van der Waals surface area contributed by atoms with Gasteiger partial charge in [-0.2, -0.15) is 0 Å². The number of hydrogen-bond acceptors (Lipinski definition) is 3. The molecule has 1 N–H and O–H groups in total. The highest BCUT2D eigenvalue weighted by molar-refractivity contribution is 7.99. The SMILES string of the molecule is CC[C@H](C(=O)NC)N(Cc1ccc(C)cc1)C(=O)CSCc1c(F)cccc1Cl. The summed E-state index contributed by atoms with van der Waals surface area (Å²) in [4.78, 5) is 26.9. The van der Waals surface area contributed by atoms with Crippen LogP contribution >= 0.6 is 23.4 Å². The van der Waals surface area contributed by atoms with Crippen LogP contribution in [0.2, 0.25) is 5.02 Å². The topological polar surface area (TPSA) is 49.4 Å². The van der Waals surface area contributed by atoms with Crippen molar-refractivity contribution >= 4 is 35.2 Å². The number of nitrogens with zero attached hydrogens (tertiary/aromatic N) is 1. The lowest BCUT2D eigenvalue weighted by Gasteiger charge is -2.30. The molecule has 0 aliphatic heterocycles. The molecular formula is C22H26ClFN2O2S. The van der Waals surface area contributed by atoms with Gasteiger partial charge >= 0.3 is 0 Å². The van der Waals surface area contributed by atoms with Crippen molar-refractivity contribution in [2.75, 3.05) is 12.8 Å². The maximum absolute atomic E-state index is 13.9. The molecule has 0 aliphatic carbocycles. The lowest BCUT2D eigenvalue weighted by molar-refractivity contribution is -0.139. The second-order valence-electron chi connectivity index (χ2n) is 6.74. The average molecular weight is 437 g/mol. The number of likely N-dealkylation sites (N-methyl/N-ethyl adjacent to an activating group) is 1. The molecule has 4 nitrogen and oxygen atoms in total. The van der Waals surface area contributed by atoms with Crippen LogP contribution in [-0.2, 0) is 21.9 Å². The standard InChI is InChI=1S/C22H26ClFN2O2S/c1-4-20(22(28)25-3)26(12-16-10-8-15(2)9-11-16)21(27)14-29-13-17-18(23)6-5-7-19(17)24/h5-11,20H,4,12-14H2,1-3H3,(H,25,28)/t20-/m1/s1. The van der Waals surface area contributed by atoms with Crippen LogP contribution in [0.5, 0.6) is 0 Å². The molecule has 0 spiro atoms. The van der Waals surface area contributed by atoms with Gasteiger partial charge in [-0.1, -0.05) is 54.4 Å². The average Bonchev–Trinajstić information content (AvgIpc) is 2.71. The maximum atomic E-state index is 13.9. The number of amides is 2. The third-order valence-electron chi connectivity index (χ3n) is 4.64. The van der Waals surface area contributed by atoms with Crippen molar-refractivity contribution in [2.24, 2.45) is 0 Å². The number of halogens is 2. The molecule has 0 saturated carbocycles. The Hall–Kier alpha value is -2.05. The summed E-state index contributed by atoms with van der Waals surface area (Å²) in [7, 11) is 1.56. The number of benzene rings is 2. The number of hydrogen-bond donors (Lipinski definition) is 1. The minimum Gasteiger partial charge on any atom is -0.357 e. The number of rotatable bonds is 9. The van der Waals surface area contributed by atoms with Crippen molar-refractivity contribution in [3.8, 4) is 0 Å². The van der Waals surface area contributed by atoms with E-state index in [9.17, 15) is 14.0 Å². The Morgan fingerprint density at radius 2 is 1.90 bits per heavy atom. The van der Waals surface area contributed by atoms with Crippen molar-refractivity contribution in [2.45, 2.75) is 38.6 Å². The fraction of sp³-hybridized carbons (Fsp3) is 0.364. The van der Waals surface area contributed by atoms with Gasteiger partial charge in [0, 0.05) is 29.9 Å². The van der Waals surface area contributed by atoms with Crippen molar-refractivity contribution < 1.29 is 14.0 Å². The first-order chi connectivity index (χ1) is 13.9. The normalized spacial score (nSPS) is 11.8. The minimum absolute atomic E-state index is 0.129. The summed E-state index contributed by atoms with van der Waals surface area (Å²) in [5.74, 6) is -0.338. The number of nitrogens with one attached hydrogen (secondary N) is 1. The molecule has 2 rings (SSSR count). The molecule has 0 heterocycles. The zero-order valence-corrected chi connectivity index (χ0v) is 18.4. The van der Waals surface area contributed by atoms with Gasteiger partial charge in [0.1, 0.15) is 11.9 Å². The van der Waals surface area contributed by atoms with Gasteiger partial charge in [-0.3, -0.25) is 9.59 Å². The van der Waals surface area contributed by atoms with Gasteiger partial charge in [0.2, 0.25) is 11.8 Å². The zero-order valence-electron chi connectivity index (χ0n) is 16.9. The van der Waals surface area contributed by atoms with Crippen LogP contribution in [0.1, 0.15) is 30.0 Å². The van der Waals surface area contributed by atoms with Gasteiger partial charge in [0.25, 0.3) is 0 Å². The number of thioether (sulfide) groups is 1. The molecule has 0 aromatic heterocycles. The van der Waals surface area contributed by atoms with E-state index in [1.807, 2.05) is 38.1 Å². The minimum atomic E-state index is -0.563. The second kappa shape index (κ2) is 11.2. The lowest BCUT2D eigenvalue weighted by Crippen LogP contribution is -2.48. The third kappa shape index (κ3) is 6.47. The molecule has 0 aliphatic rings. The lowest BCUT2D eigenvalue weighted by atomic mass is 10.1. The van der Waals surface area contributed by atoms with E-state index in [2.05, 4.69) is 5.32 Å². The first-order valence-electron chi connectivity index (χ1n) is 9.44. The van der Waals surface area contributed by atoms with Crippen LogP contribution in [-0.4, -0.2) is 35.6 Å². The smallest absolute Gasteiger partial charge is 0.242 e. The summed E-state index contributed by atoms with van der Waals surface area (Å²) >= 11 is 7.34. The predicted molar refractivity (Wildman–Crippen MR) is 117 cm³/mol. The van der Waals surface area contributed by atoms with Crippen LogP contribution in [0.15, 0.2) is 42.5 Å². The van der Waals surface area contributed by atoms with Crippen molar-refractivity contribution in [3.05, 3.63) is 70.0 Å². The Labute approximate surface area is 180 Å². The molecule has 2 aromatic carbocycles. The van der Waals surface area contributed by atoms with Gasteiger partial charge in [0.15, 0.2) is 0 Å².